The number of piperazine rings is 1. The molecule has 1 aromatic carbocycles. The van der Waals surface area contributed by atoms with Crippen LogP contribution >= 0.6 is 24.0 Å². The van der Waals surface area contributed by atoms with Crippen molar-refractivity contribution in [3.63, 3.8) is 0 Å². The van der Waals surface area contributed by atoms with Gasteiger partial charge in [0.2, 0.25) is 0 Å². The van der Waals surface area contributed by atoms with Crippen LogP contribution in [0.3, 0.4) is 0 Å². The summed E-state index contributed by atoms with van der Waals surface area (Å²) in [4.78, 5) is 33.3. The number of thiocarbonyl (C=S) groups is 1. The van der Waals surface area contributed by atoms with Crippen molar-refractivity contribution in [2.45, 2.75) is 33.4 Å². The number of carbonyl (C=O) groups excluding carboxylic acids is 1. The maximum absolute atomic E-state index is 13.4. The quantitative estimate of drug-likeness (QED) is 0.345. The molecule has 0 atom stereocenters. The van der Waals surface area contributed by atoms with E-state index in [9.17, 15) is 14.9 Å². The molecule has 0 spiro atoms. The Hall–Kier alpha value is -2.97. The molecule has 3 heterocycles. The minimum Gasteiger partial charge on any atom is -0.383 e. The summed E-state index contributed by atoms with van der Waals surface area (Å²) in [5, 5.41) is 9.87. The second-order valence-electron chi connectivity index (χ2n) is 9.38. The summed E-state index contributed by atoms with van der Waals surface area (Å²) in [6.45, 7) is 9.09. The van der Waals surface area contributed by atoms with E-state index in [0.717, 1.165) is 50.5 Å². The monoisotopic (exact) mass is 551 g/mol. The van der Waals surface area contributed by atoms with Crippen LogP contribution in [0, 0.1) is 18.3 Å². The van der Waals surface area contributed by atoms with Crippen LogP contribution in [0.2, 0.25) is 0 Å². The van der Waals surface area contributed by atoms with Crippen LogP contribution in [-0.2, 0) is 22.6 Å². The van der Waals surface area contributed by atoms with Crippen LogP contribution in [0.1, 0.15) is 35.6 Å². The third-order valence-corrected chi connectivity index (χ3v) is 8.26. The fraction of sp³-hybridized carbons (Fsp3) is 0.429. The van der Waals surface area contributed by atoms with E-state index in [1.807, 2.05) is 19.1 Å². The summed E-state index contributed by atoms with van der Waals surface area (Å²) in [7, 11) is 1.59. The van der Waals surface area contributed by atoms with Crippen LogP contribution < -0.4 is 10.5 Å². The van der Waals surface area contributed by atoms with Crippen LogP contribution in [0.5, 0.6) is 0 Å². The number of nitriles is 1. The molecule has 38 heavy (non-hydrogen) atoms. The van der Waals surface area contributed by atoms with Crippen molar-refractivity contribution in [1.82, 2.24) is 14.4 Å². The van der Waals surface area contributed by atoms with Crippen LogP contribution in [0.15, 0.2) is 40.0 Å². The number of methoxy groups -OCH3 is 1. The van der Waals surface area contributed by atoms with Gasteiger partial charge in [0.1, 0.15) is 21.8 Å². The SMILES string of the molecule is CCCn1c(N2CCN(Cc3ccccc3)CC2)c(/C=C2\SC(=S)N(CCOC)C2=O)c(C)c(C#N)c1=O. The Bertz CT molecular complexity index is 1320. The van der Waals surface area contributed by atoms with Gasteiger partial charge in [0.25, 0.3) is 11.5 Å². The number of nitrogens with zero attached hydrogens (tertiary/aromatic N) is 5. The number of carbonyl (C=O) groups is 1. The standard InChI is InChI=1S/C28H33N5O3S2/c1-4-10-32-25(31-13-11-30(12-14-31)19-21-8-6-5-7-9-21)22(20(2)23(18-29)26(32)34)17-24-27(35)33(15-16-36-3)28(37)38-24/h5-9,17H,4,10-16,19H2,1-3H3/b24-17-. The molecule has 10 heteroatoms. The minimum absolute atomic E-state index is 0.117. The lowest BCUT2D eigenvalue weighted by Gasteiger charge is -2.38. The smallest absolute Gasteiger partial charge is 0.270 e. The number of pyridine rings is 1. The number of hydrogen-bond donors (Lipinski definition) is 0. The molecule has 2 fully saturated rings. The lowest BCUT2D eigenvalue weighted by atomic mass is 10.0. The Labute approximate surface area is 233 Å². The van der Waals surface area contributed by atoms with Gasteiger partial charge >= 0.3 is 0 Å². The molecule has 0 aliphatic carbocycles. The van der Waals surface area contributed by atoms with E-state index in [4.69, 9.17) is 17.0 Å². The molecule has 2 aliphatic heterocycles. The van der Waals surface area contributed by atoms with Crippen LogP contribution in [-0.4, -0.2) is 71.0 Å². The Morgan fingerprint density at radius 1 is 1.13 bits per heavy atom. The molecular formula is C28H33N5O3S2. The maximum Gasteiger partial charge on any atom is 0.270 e. The summed E-state index contributed by atoms with van der Waals surface area (Å²) in [6.07, 6.45) is 2.56. The summed E-state index contributed by atoms with van der Waals surface area (Å²) in [6, 6.07) is 12.5. The Morgan fingerprint density at radius 2 is 1.84 bits per heavy atom. The van der Waals surface area contributed by atoms with Gasteiger partial charge < -0.3 is 9.64 Å². The zero-order valence-corrected chi connectivity index (χ0v) is 23.7. The van der Waals surface area contributed by atoms with Gasteiger partial charge in [-0.3, -0.25) is 24.0 Å². The third kappa shape index (κ3) is 5.86. The summed E-state index contributed by atoms with van der Waals surface area (Å²) < 4.78 is 7.34. The molecular weight excluding hydrogens is 518 g/mol. The van der Waals surface area contributed by atoms with Crippen molar-refractivity contribution in [1.29, 1.82) is 5.26 Å². The van der Waals surface area contributed by atoms with Crippen molar-refractivity contribution in [2.24, 2.45) is 0 Å². The fourth-order valence-electron chi connectivity index (χ4n) is 4.88. The van der Waals surface area contributed by atoms with Crippen molar-refractivity contribution >= 4 is 46.1 Å². The van der Waals surface area contributed by atoms with Gasteiger partial charge in [-0.1, -0.05) is 61.2 Å². The fourth-order valence-corrected chi connectivity index (χ4v) is 6.17. The van der Waals surface area contributed by atoms with Gasteiger partial charge in [-0.05, 0) is 30.5 Å². The normalized spacial score (nSPS) is 17.5. The van der Waals surface area contributed by atoms with Gasteiger partial charge in [0.05, 0.1) is 18.1 Å². The lowest BCUT2D eigenvalue weighted by Crippen LogP contribution is -2.48. The van der Waals surface area contributed by atoms with E-state index >= 15 is 0 Å². The van der Waals surface area contributed by atoms with E-state index in [-0.39, 0.29) is 17.0 Å². The number of thioether (sulfide) groups is 1. The Balaban J connectivity index is 1.72. The second-order valence-corrected chi connectivity index (χ2v) is 11.1. The van der Waals surface area contributed by atoms with Crippen LogP contribution in [0.25, 0.3) is 6.08 Å². The van der Waals surface area contributed by atoms with Gasteiger partial charge in [-0.2, -0.15) is 5.26 Å². The predicted octanol–water partition coefficient (Wildman–Crippen LogP) is 3.61. The number of benzene rings is 1. The first-order chi connectivity index (χ1) is 18.4. The first-order valence-corrected chi connectivity index (χ1v) is 14.0. The number of anilines is 1. The summed E-state index contributed by atoms with van der Waals surface area (Å²) >= 11 is 6.71. The third-order valence-electron chi connectivity index (χ3n) is 6.88. The van der Waals surface area contributed by atoms with Crippen molar-refractivity contribution in [3.8, 4) is 6.07 Å². The number of amides is 1. The van der Waals surface area contributed by atoms with Gasteiger partial charge in [-0.25, -0.2) is 0 Å². The minimum atomic E-state index is -0.279. The second kappa shape index (κ2) is 12.7. The topological polar surface area (TPSA) is 81.8 Å². The number of hydrogen-bond acceptors (Lipinski definition) is 8. The largest absolute Gasteiger partial charge is 0.383 e. The van der Waals surface area contributed by atoms with E-state index < -0.39 is 0 Å². The van der Waals surface area contributed by atoms with E-state index in [1.54, 1.807) is 23.5 Å². The highest BCUT2D eigenvalue weighted by atomic mass is 32.2. The van der Waals surface area contributed by atoms with E-state index in [0.29, 0.717) is 34.5 Å². The zero-order valence-electron chi connectivity index (χ0n) is 22.1. The van der Waals surface area contributed by atoms with E-state index in [2.05, 4.69) is 40.1 Å². The van der Waals surface area contributed by atoms with Crippen molar-refractivity contribution in [3.05, 3.63) is 67.8 Å². The number of aromatic nitrogens is 1. The lowest BCUT2D eigenvalue weighted by molar-refractivity contribution is -0.122. The molecule has 2 aromatic rings. The van der Waals surface area contributed by atoms with Gasteiger partial charge in [0.15, 0.2) is 0 Å². The molecule has 0 N–H and O–H groups in total. The molecule has 1 amide bonds. The number of ether oxygens (including phenoxy) is 1. The Morgan fingerprint density at radius 3 is 2.47 bits per heavy atom. The summed E-state index contributed by atoms with van der Waals surface area (Å²) in [5.74, 6) is 0.594. The molecule has 1 aromatic heterocycles. The Kier molecular flexibility index (Phi) is 9.39. The molecule has 0 radical (unpaired) electrons. The number of rotatable bonds is 9. The molecule has 8 nitrogen and oxygen atoms in total. The average Bonchev–Trinajstić information content (AvgIpc) is 3.19. The molecule has 0 saturated carbocycles. The molecule has 4 rings (SSSR count). The molecule has 0 unspecified atom stereocenters. The maximum atomic E-state index is 13.4. The first-order valence-electron chi connectivity index (χ1n) is 12.8. The average molecular weight is 552 g/mol. The van der Waals surface area contributed by atoms with Crippen molar-refractivity contribution < 1.29 is 9.53 Å². The molecule has 0 bridgehead atoms. The van der Waals surface area contributed by atoms with Gasteiger partial charge in [-0.15, -0.1) is 0 Å². The van der Waals surface area contributed by atoms with E-state index in [1.165, 1.54) is 17.3 Å². The zero-order chi connectivity index (χ0) is 27.2. The predicted molar refractivity (Wildman–Crippen MR) is 156 cm³/mol. The first kappa shape index (κ1) is 28.0. The molecule has 2 saturated heterocycles. The summed E-state index contributed by atoms with van der Waals surface area (Å²) in [5.41, 5.74) is 2.44. The highest BCUT2D eigenvalue weighted by Gasteiger charge is 2.33. The molecule has 2 aliphatic rings. The molecule has 200 valence electrons. The van der Waals surface area contributed by atoms with Crippen molar-refractivity contribution in [2.75, 3.05) is 51.3 Å². The highest BCUT2D eigenvalue weighted by molar-refractivity contribution is 8.26. The van der Waals surface area contributed by atoms with Gasteiger partial charge in [0, 0.05) is 51.9 Å². The highest BCUT2D eigenvalue weighted by Crippen LogP contribution is 2.36. The van der Waals surface area contributed by atoms with Crippen LogP contribution in [0.4, 0.5) is 5.82 Å².